The Morgan fingerprint density at radius 1 is 1.27 bits per heavy atom. The Bertz CT molecular complexity index is 681. The Hall–Kier alpha value is -1.07. The third kappa shape index (κ3) is 3.30. The molecule has 1 aromatic carbocycles. The minimum absolute atomic E-state index is 0.0836. The molecule has 1 aromatic heterocycles. The van der Waals surface area contributed by atoms with Crippen molar-refractivity contribution < 1.29 is 4.79 Å². The van der Waals surface area contributed by atoms with E-state index in [4.69, 9.17) is 28.9 Å². The van der Waals surface area contributed by atoms with Crippen LogP contribution in [0.1, 0.15) is 16.1 Å². The van der Waals surface area contributed by atoms with Gasteiger partial charge in [0.15, 0.2) is 0 Å². The molecule has 3 nitrogen and oxygen atoms in total. The summed E-state index contributed by atoms with van der Waals surface area (Å²) in [7, 11) is 0. The molecule has 3 rings (SSSR count). The van der Waals surface area contributed by atoms with E-state index in [1.165, 1.54) is 11.3 Å². The number of benzene rings is 1. The third-order valence-electron chi connectivity index (χ3n) is 3.87. The van der Waals surface area contributed by atoms with Gasteiger partial charge in [0.1, 0.15) is 0 Å². The van der Waals surface area contributed by atoms with Crippen LogP contribution in [0.25, 0.3) is 10.4 Å². The van der Waals surface area contributed by atoms with Crippen molar-refractivity contribution in [2.45, 2.75) is 6.42 Å². The molecular formula is C16H16Cl2N2OS. The van der Waals surface area contributed by atoms with Gasteiger partial charge in [0, 0.05) is 28.0 Å². The Morgan fingerprint density at radius 2 is 2.00 bits per heavy atom. The van der Waals surface area contributed by atoms with Gasteiger partial charge in [-0.25, -0.2) is 0 Å². The molecule has 1 saturated heterocycles. The zero-order valence-corrected chi connectivity index (χ0v) is 14.2. The number of thiophene rings is 1. The number of hydrogen-bond acceptors (Lipinski definition) is 3. The third-order valence-corrected chi connectivity index (χ3v) is 5.43. The monoisotopic (exact) mass is 354 g/mol. The van der Waals surface area contributed by atoms with Crippen molar-refractivity contribution in [2.24, 2.45) is 11.7 Å². The topological polar surface area (TPSA) is 46.3 Å². The number of carbonyl (C=O) groups excluding carboxylic acids is 1. The Morgan fingerprint density at radius 3 is 2.64 bits per heavy atom. The predicted octanol–water partition coefficient (Wildman–Crippen LogP) is 4.14. The van der Waals surface area contributed by atoms with Gasteiger partial charge < -0.3 is 10.6 Å². The van der Waals surface area contributed by atoms with Crippen molar-refractivity contribution in [3.05, 3.63) is 45.3 Å². The molecule has 0 saturated carbocycles. The highest BCUT2D eigenvalue weighted by Crippen LogP contribution is 2.33. The van der Waals surface area contributed by atoms with E-state index in [1.807, 2.05) is 29.2 Å². The van der Waals surface area contributed by atoms with Crippen molar-refractivity contribution in [3.63, 3.8) is 0 Å². The van der Waals surface area contributed by atoms with Crippen LogP contribution in [0.3, 0.4) is 0 Å². The lowest BCUT2D eigenvalue weighted by Crippen LogP contribution is -2.29. The van der Waals surface area contributed by atoms with Gasteiger partial charge in [-0.05, 0) is 54.8 Å². The number of nitrogens with zero attached hydrogens (tertiary/aromatic N) is 1. The van der Waals surface area contributed by atoms with E-state index in [0.29, 0.717) is 22.5 Å². The normalized spacial score (nSPS) is 18.0. The number of hydrogen-bond donors (Lipinski definition) is 1. The fourth-order valence-electron chi connectivity index (χ4n) is 2.67. The Balaban J connectivity index is 1.80. The van der Waals surface area contributed by atoms with Crippen LogP contribution in [-0.2, 0) is 0 Å². The molecular weight excluding hydrogens is 339 g/mol. The van der Waals surface area contributed by atoms with Gasteiger partial charge in [-0.2, -0.15) is 0 Å². The highest BCUT2D eigenvalue weighted by molar-refractivity contribution is 7.17. The fraction of sp³-hybridized carbons (Fsp3) is 0.312. The van der Waals surface area contributed by atoms with Gasteiger partial charge in [0.2, 0.25) is 0 Å². The first-order valence-electron chi connectivity index (χ1n) is 7.12. The first-order chi connectivity index (χ1) is 10.6. The van der Waals surface area contributed by atoms with Crippen LogP contribution < -0.4 is 5.73 Å². The second-order valence-corrected chi connectivity index (χ2v) is 7.42. The molecule has 0 bridgehead atoms. The van der Waals surface area contributed by atoms with Gasteiger partial charge in [0.05, 0.1) is 4.88 Å². The molecule has 1 unspecified atom stereocenters. The van der Waals surface area contributed by atoms with E-state index in [2.05, 4.69) is 0 Å². The molecule has 22 heavy (non-hydrogen) atoms. The first-order valence-corrected chi connectivity index (χ1v) is 8.69. The second-order valence-electron chi connectivity index (χ2n) is 5.46. The number of carbonyl (C=O) groups is 1. The summed E-state index contributed by atoms with van der Waals surface area (Å²) in [6.45, 7) is 2.18. The molecule has 1 aliphatic rings. The lowest BCUT2D eigenvalue weighted by atomic mass is 10.1. The van der Waals surface area contributed by atoms with E-state index in [-0.39, 0.29) is 5.91 Å². The first kappa shape index (κ1) is 15.8. The van der Waals surface area contributed by atoms with Crippen LogP contribution in [0.4, 0.5) is 0 Å². The van der Waals surface area contributed by atoms with Gasteiger partial charge in [-0.15, -0.1) is 11.3 Å². The van der Waals surface area contributed by atoms with Crippen LogP contribution in [0.2, 0.25) is 10.0 Å². The van der Waals surface area contributed by atoms with Crippen LogP contribution in [0, 0.1) is 5.92 Å². The summed E-state index contributed by atoms with van der Waals surface area (Å²) in [4.78, 5) is 16.1. The lowest BCUT2D eigenvalue weighted by Gasteiger charge is -2.14. The van der Waals surface area contributed by atoms with Crippen LogP contribution in [0.5, 0.6) is 0 Å². The molecule has 0 radical (unpaired) electrons. The van der Waals surface area contributed by atoms with Gasteiger partial charge in [0.25, 0.3) is 5.91 Å². The van der Waals surface area contributed by atoms with Crippen LogP contribution in [-0.4, -0.2) is 30.4 Å². The second kappa shape index (κ2) is 6.59. The summed E-state index contributed by atoms with van der Waals surface area (Å²) < 4.78 is 0. The Labute approximate surface area is 143 Å². The standard InChI is InChI=1S/C16H16Cl2N2OS/c17-12-5-11(6-13(18)7-12)14-1-2-15(22-14)16(21)20-4-3-10(8-19)9-20/h1-2,5-7,10H,3-4,8-9,19H2. The maximum Gasteiger partial charge on any atom is 0.263 e. The summed E-state index contributed by atoms with van der Waals surface area (Å²) >= 11 is 13.5. The summed E-state index contributed by atoms with van der Waals surface area (Å²) in [5, 5.41) is 1.18. The largest absolute Gasteiger partial charge is 0.338 e. The SMILES string of the molecule is NCC1CCN(C(=O)c2ccc(-c3cc(Cl)cc(Cl)c3)s2)C1. The number of likely N-dealkylation sites (tertiary alicyclic amines) is 1. The molecule has 0 aliphatic carbocycles. The fourth-order valence-corrected chi connectivity index (χ4v) is 4.16. The van der Waals surface area contributed by atoms with Gasteiger partial charge in [-0.3, -0.25) is 4.79 Å². The maximum absolute atomic E-state index is 12.5. The van der Waals surface area contributed by atoms with Crippen LogP contribution in [0.15, 0.2) is 30.3 Å². The van der Waals surface area contributed by atoms with E-state index in [0.717, 1.165) is 34.8 Å². The molecule has 2 N–H and O–H groups in total. The summed E-state index contributed by atoms with van der Waals surface area (Å²) in [6.07, 6.45) is 0.990. The van der Waals surface area contributed by atoms with E-state index in [1.54, 1.807) is 6.07 Å². The molecule has 1 atom stereocenters. The molecule has 2 aromatic rings. The van der Waals surface area contributed by atoms with E-state index < -0.39 is 0 Å². The predicted molar refractivity (Wildman–Crippen MR) is 92.8 cm³/mol. The molecule has 1 aliphatic heterocycles. The summed E-state index contributed by atoms with van der Waals surface area (Å²) in [6, 6.07) is 9.22. The number of amides is 1. The molecule has 2 heterocycles. The molecule has 1 amide bonds. The van der Waals surface area contributed by atoms with E-state index >= 15 is 0 Å². The van der Waals surface area contributed by atoms with Gasteiger partial charge >= 0.3 is 0 Å². The van der Waals surface area contributed by atoms with Crippen molar-refractivity contribution in [1.29, 1.82) is 0 Å². The van der Waals surface area contributed by atoms with Crippen molar-refractivity contribution in [2.75, 3.05) is 19.6 Å². The van der Waals surface area contributed by atoms with Crippen molar-refractivity contribution in [1.82, 2.24) is 4.90 Å². The van der Waals surface area contributed by atoms with Crippen molar-refractivity contribution >= 4 is 40.4 Å². The highest BCUT2D eigenvalue weighted by atomic mass is 35.5. The number of halogens is 2. The quantitative estimate of drug-likeness (QED) is 0.899. The average molecular weight is 355 g/mol. The molecule has 6 heteroatoms. The zero-order valence-electron chi connectivity index (χ0n) is 11.9. The number of nitrogens with two attached hydrogens (primary N) is 1. The van der Waals surface area contributed by atoms with Gasteiger partial charge in [-0.1, -0.05) is 23.2 Å². The minimum Gasteiger partial charge on any atom is -0.338 e. The Kier molecular flexibility index (Phi) is 4.73. The summed E-state index contributed by atoms with van der Waals surface area (Å²) in [5.41, 5.74) is 6.62. The molecule has 116 valence electrons. The minimum atomic E-state index is 0.0836. The van der Waals surface area contributed by atoms with Crippen LogP contribution >= 0.6 is 34.5 Å². The van der Waals surface area contributed by atoms with Crippen molar-refractivity contribution in [3.8, 4) is 10.4 Å². The van der Waals surface area contributed by atoms with E-state index in [9.17, 15) is 4.79 Å². The zero-order chi connectivity index (χ0) is 15.7. The summed E-state index contributed by atoms with van der Waals surface area (Å²) in [5.74, 6) is 0.510. The smallest absolute Gasteiger partial charge is 0.263 e. The maximum atomic E-state index is 12.5. The molecule has 1 fully saturated rings. The average Bonchev–Trinajstić information content (AvgIpc) is 3.15. The molecule has 0 spiro atoms. The number of rotatable bonds is 3. The lowest BCUT2D eigenvalue weighted by molar-refractivity contribution is 0.0792. The highest BCUT2D eigenvalue weighted by Gasteiger charge is 2.26.